The lowest BCUT2D eigenvalue weighted by Gasteiger charge is -2.21. The lowest BCUT2D eigenvalue weighted by atomic mass is 10.3. The molecular weight excluding hydrogens is 350 g/mol. The molecule has 1 aromatic carbocycles. The zero-order chi connectivity index (χ0) is 18.8. The van der Waals surface area contributed by atoms with Gasteiger partial charge in [-0.25, -0.2) is 0 Å². The number of nitrogens with zero attached hydrogens (tertiary/aromatic N) is 3. The molecule has 0 bridgehead atoms. The Kier molecular flexibility index (Phi) is 9.01. The van der Waals surface area contributed by atoms with Crippen molar-refractivity contribution in [2.75, 3.05) is 59.9 Å². The topological polar surface area (TPSA) is 52.1 Å². The summed E-state index contributed by atoms with van der Waals surface area (Å²) < 4.78 is 5.87. The Balaban J connectivity index is 1.64. The van der Waals surface area contributed by atoms with Crippen LogP contribution in [-0.4, -0.2) is 81.8 Å². The van der Waals surface area contributed by atoms with Crippen LogP contribution in [0.1, 0.15) is 13.3 Å². The summed E-state index contributed by atoms with van der Waals surface area (Å²) in [5.41, 5.74) is 0. The van der Waals surface area contributed by atoms with E-state index in [1.54, 1.807) is 7.05 Å². The Labute approximate surface area is 162 Å². The normalized spacial score (nSPS) is 18.2. The summed E-state index contributed by atoms with van der Waals surface area (Å²) in [4.78, 5) is 9.20. The van der Waals surface area contributed by atoms with E-state index in [1.807, 2.05) is 31.2 Å². The van der Waals surface area contributed by atoms with Crippen molar-refractivity contribution in [3.63, 3.8) is 0 Å². The number of halogens is 1. The maximum atomic E-state index is 5.89. The first-order valence-corrected chi connectivity index (χ1v) is 9.72. The van der Waals surface area contributed by atoms with Crippen LogP contribution in [0.3, 0.4) is 0 Å². The monoisotopic (exact) mass is 381 g/mol. The Bertz CT molecular complexity index is 551. The maximum absolute atomic E-state index is 5.89. The molecule has 2 rings (SSSR count). The first kappa shape index (κ1) is 20.8. The van der Waals surface area contributed by atoms with Crippen molar-refractivity contribution in [2.45, 2.75) is 19.4 Å². The summed E-state index contributed by atoms with van der Waals surface area (Å²) in [6.07, 6.45) is 1.26. The fourth-order valence-electron chi connectivity index (χ4n) is 2.90. The number of hydrogen-bond donors (Lipinski definition) is 2. The lowest BCUT2D eigenvalue weighted by molar-refractivity contribution is 0.223. The Hall–Kier alpha value is -1.50. The SMILES string of the molecule is CN=C(NCCN1CCCN(C)CC1)NCC(C)Oc1ccc(Cl)cc1. The highest BCUT2D eigenvalue weighted by atomic mass is 35.5. The summed E-state index contributed by atoms with van der Waals surface area (Å²) in [5.74, 6) is 1.63. The lowest BCUT2D eigenvalue weighted by Crippen LogP contribution is -2.44. The van der Waals surface area contributed by atoms with Gasteiger partial charge in [0, 0.05) is 38.2 Å². The molecule has 1 aromatic rings. The van der Waals surface area contributed by atoms with E-state index < -0.39 is 0 Å². The molecule has 0 aromatic heterocycles. The molecule has 0 amide bonds. The first-order valence-electron chi connectivity index (χ1n) is 9.34. The minimum Gasteiger partial charge on any atom is -0.489 e. The van der Waals surface area contributed by atoms with Gasteiger partial charge in [0.15, 0.2) is 5.96 Å². The Morgan fingerprint density at radius 3 is 2.69 bits per heavy atom. The molecule has 0 spiro atoms. The Morgan fingerprint density at radius 2 is 1.96 bits per heavy atom. The summed E-state index contributed by atoms with van der Waals surface area (Å²) in [6.45, 7) is 9.27. The maximum Gasteiger partial charge on any atom is 0.191 e. The molecule has 1 saturated heterocycles. The van der Waals surface area contributed by atoms with E-state index in [0.29, 0.717) is 11.6 Å². The average molecular weight is 382 g/mol. The summed E-state index contributed by atoms with van der Waals surface area (Å²) in [5, 5.41) is 7.42. The number of benzene rings is 1. The molecule has 1 fully saturated rings. The molecular formula is C19H32ClN5O. The number of hydrogen-bond acceptors (Lipinski definition) is 4. The smallest absolute Gasteiger partial charge is 0.191 e. The summed E-state index contributed by atoms with van der Waals surface area (Å²) >= 11 is 5.89. The van der Waals surface area contributed by atoms with E-state index >= 15 is 0 Å². The Morgan fingerprint density at radius 1 is 1.19 bits per heavy atom. The largest absolute Gasteiger partial charge is 0.489 e. The quantitative estimate of drug-likeness (QED) is 0.558. The fourth-order valence-corrected chi connectivity index (χ4v) is 3.03. The van der Waals surface area contributed by atoms with Crippen LogP contribution in [0.25, 0.3) is 0 Å². The number of guanidine groups is 1. The third-order valence-corrected chi connectivity index (χ3v) is 4.72. The van der Waals surface area contributed by atoms with Crippen molar-refractivity contribution in [2.24, 2.45) is 4.99 Å². The van der Waals surface area contributed by atoms with Gasteiger partial charge in [-0.3, -0.25) is 4.99 Å². The van der Waals surface area contributed by atoms with Crippen LogP contribution in [0.4, 0.5) is 0 Å². The molecule has 1 aliphatic rings. The van der Waals surface area contributed by atoms with Crippen LogP contribution < -0.4 is 15.4 Å². The van der Waals surface area contributed by atoms with Crippen LogP contribution in [0.15, 0.2) is 29.3 Å². The van der Waals surface area contributed by atoms with Gasteiger partial charge >= 0.3 is 0 Å². The van der Waals surface area contributed by atoms with Gasteiger partial charge in [-0.05, 0) is 57.7 Å². The van der Waals surface area contributed by atoms with Gasteiger partial charge in [-0.15, -0.1) is 0 Å². The van der Waals surface area contributed by atoms with E-state index in [-0.39, 0.29) is 6.10 Å². The zero-order valence-corrected chi connectivity index (χ0v) is 16.9. The van der Waals surface area contributed by atoms with E-state index in [0.717, 1.165) is 37.9 Å². The zero-order valence-electron chi connectivity index (χ0n) is 16.2. The molecule has 0 radical (unpaired) electrons. The highest BCUT2D eigenvalue weighted by Gasteiger charge is 2.12. The molecule has 0 aliphatic carbocycles. The number of nitrogens with one attached hydrogen (secondary N) is 2. The fraction of sp³-hybridized carbons (Fsp3) is 0.632. The molecule has 6 nitrogen and oxygen atoms in total. The minimum atomic E-state index is 0.0240. The highest BCUT2D eigenvalue weighted by Crippen LogP contribution is 2.16. The van der Waals surface area contributed by atoms with Crippen LogP contribution in [0, 0.1) is 0 Å². The number of ether oxygens (including phenoxy) is 1. The molecule has 2 N–H and O–H groups in total. The van der Waals surface area contributed by atoms with Crippen LogP contribution in [0.2, 0.25) is 5.02 Å². The number of likely N-dealkylation sites (N-methyl/N-ethyl adjacent to an activating group) is 1. The molecule has 146 valence electrons. The second kappa shape index (κ2) is 11.3. The van der Waals surface area contributed by atoms with Gasteiger partial charge in [0.2, 0.25) is 0 Å². The number of rotatable bonds is 7. The van der Waals surface area contributed by atoms with Gasteiger partial charge in [0.1, 0.15) is 11.9 Å². The summed E-state index contributed by atoms with van der Waals surface area (Å²) in [6, 6.07) is 7.42. The van der Waals surface area contributed by atoms with Gasteiger partial charge < -0.3 is 25.2 Å². The molecule has 26 heavy (non-hydrogen) atoms. The van der Waals surface area contributed by atoms with Crippen LogP contribution in [0.5, 0.6) is 5.75 Å². The van der Waals surface area contributed by atoms with Gasteiger partial charge in [-0.2, -0.15) is 0 Å². The molecule has 1 atom stereocenters. The first-order chi connectivity index (χ1) is 12.6. The van der Waals surface area contributed by atoms with E-state index in [1.165, 1.54) is 19.5 Å². The molecule has 1 heterocycles. The van der Waals surface area contributed by atoms with Crippen molar-refractivity contribution in [3.05, 3.63) is 29.3 Å². The van der Waals surface area contributed by atoms with Gasteiger partial charge in [0.25, 0.3) is 0 Å². The minimum absolute atomic E-state index is 0.0240. The predicted octanol–water partition coefficient (Wildman–Crippen LogP) is 1.91. The molecule has 1 aliphatic heterocycles. The van der Waals surface area contributed by atoms with Crippen molar-refractivity contribution >= 4 is 17.6 Å². The van der Waals surface area contributed by atoms with Crippen molar-refractivity contribution in [1.82, 2.24) is 20.4 Å². The molecule has 0 saturated carbocycles. The summed E-state index contributed by atoms with van der Waals surface area (Å²) in [7, 11) is 3.99. The van der Waals surface area contributed by atoms with Crippen molar-refractivity contribution in [1.29, 1.82) is 0 Å². The molecule has 1 unspecified atom stereocenters. The van der Waals surface area contributed by atoms with Crippen LogP contribution in [-0.2, 0) is 0 Å². The van der Waals surface area contributed by atoms with Crippen LogP contribution >= 0.6 is 11.6 Å². The van der Waals surface area contributed by atoms with Gasteiger partial charge in [0.05, 0.1) is 6.54 Å². The van der Waals surface area contributed by atoms with Crippen molar-refractivity contribution in [3.8, 4) is 5.75 Å². The third kappa shape index (κ3) is 7.81. The predicted molar refractivity (Wildman–Crippen MR) is 109 cm³/mol. The van der Waals surface area contributed by atoms with Gasteiger partial charge in [-0.1, -0.05) is 11.6 Å². The van der Waals surface area contributed by atoms with E-state index in [4.69, 9.17) is 16.3 Å². The number of aliphatic imine (C=N–C) groups is 1. The average Bonchev–Trinajstić information content (AvgIpc) is 2.84. The highest BCUT2D eigenvalue weighted by molar-refractivity contribution is 6.30. The second-order valence-electron chi connectivity index (χ2n) is 6.76. The standard InChI is InChI=1S/C19H32ClN5O/c1-16(26-18-7-5-17(20)6-8-18)15-23-19(21-2)22-9-12-25-11-4-10-24(3)13-14-25/h5-8,16H,4,9-15H2,1-3H3,(H2,21,22,23). The van der Waals surface area contributed by atoms with E-state index in [9.17, 15) is 0 Å². The third-order valence-electron chi connectivity index (χ3n) is 4.46. The van der Waals surface area contributed by atoms with Crippen molar-refractivity contribution < 1.29 is 4.74 Å². The van der Waals surface area contributed by atoms with E-state index in [2.05, 4.69) is 32.5 Å². The molecule has 7 heteroatoms. The second-order valence-corrected chi connectivity index (χ2v) is 7.20.